The number of hydrogen-bond acceptors (Lipinski definition) is 6. The minimum atomic E-state index is -1.20. The summed E-state index contributed by atoms with van der Waals surface area (Å²) in [5.74, 6) is -1.47. The van der Waals surface area contributed by atoms with Gasteiger partial charge in [-0.1, -0.05) is 42.5 Å². The molecule has 0 spiro atoms. The van der Waals surface area contributed by atoms with Crippen LogP contribution in [0.2, 0.25) is 0 Å². The van der Waals surface area contributed by atoms with Crippen LogP contribution in [0.4, 0.5) is 0 Å². The Morgan fingerprint density at radius 3 is 2.35 bits per heavy atom. The van der Waals surface area contributed by atoms with Crippen LogP contribution in [0.1, 0.15) is 27.0 Å². The van der Waals surface area contributed by atoms with Crippen molar-refractivity contribution in [3.8, 4) is 16.9 Å². The van der Waals surface area contributed by atoms with E-state index in [9.17, 15) is 19.5 Å². The summed E-state index contributed by atoms with van der Waals surface area (Å²) >= 11 is 0. The Hall–Kier alpha value is -2.33. The molecule has 0 unspecified atom stereocenters. The van der Waals surface area contributed by atoms with Gasteiger partial charge in [0.2, 0.25) is 0 Å². The molecule has 10 heteroatoms. The maximum Gasteiger partial charge on any atom is 1.00 e. The van der Waals surface area contributed by atoms with E-state index in [1.807, 2.05) is 31.2 Å². The first kappa shape index (κ1) is 27.9. The van der Waals surface area contributed by atoms with Crippen molar-refractivity contribution in [1.82, 2.24) is 9.72 Å². The van der Waals surface area contributed by atoms with Crippen molar-refractivity contribution in [2.45, 2.75) is 20.1 Å². The average molecular weight is 476 g/mol. The van der Waals surface area contributed by atoms with E-state index in [0.717, 1.165) is 32.6 Å². The standard InChI is InChI=1S/C24H20N2O6.2Na/c1-15-11-19(22(27)28)7-10-21(15)18-4-2-3-17(12-18)14-31-20-8-5-16(6-9-20)13-26-23(29)25-24(30)32-26;;/h2-12H,13-14H2,1H3,(H2,25,27,28,29,30);;/q;2*+1/p-2. The van der Waals surface area contributed by atoms with Crippen LogP contribution < -0.4 is 85.4 Å². The van der Waals surface area contributed by atoms with Crippen molar-refractivity contribution in [2.75, 3.05) is 0 Å². The Bertz CT molecular complexity index is 1390. The molecule has 1 heterocycles. The number of rotatable bonds is 7. The molecule has 1 aromatic heterocycles. The zero-order valence-corrected chi connectivity index (χ0v) is 23.1. The average Bonchev–Trinajstić information content (AvgIpc) is 3.09. The number of nitrogens with zero attached hydrogens (tertiary/aromatic N) is 2. The summed E-state index contributed by atoms with van der Waals surface area (Å²) < 4.78 is 11.5. The van der Waals surface area contributed by atoms with E-state index in [1.54, 1.807) is 36.4 Å². The summed E-state index contributed by atoms with van der Waals surface area (Å²) in [5.41, 5.74) is 3.87. The maximum absolute atomic E-state index is 11.5. The maximum atomic E-state index is 11.5. The van der Waals surface area contributed by atoms with Crippen LogP contribution in [-0.2, 0) is 13.2 Å². The topological polar surface area (TPSA) is 116 Å². The number of aromatic nitrogens is 2. The van der Waals surface area contributed by atoms with Crippen molar-refractivity contribution >= 4 is 5.97 Å². The quantitative estimate of drug-likeness (QED) is 0.248. The van der Waals surface area contributed by atoms with Crippen molar-refractivity contribution in [2.24, 2.45) is 0 Å². The monoisotopic (exact) mass is 476 g/mol. The molecular weight excluding hydrogens is 458 g/mol. The van der Waals surface area contributed by atoms with Crippen molar-refractivity contribution < 1.29 is 78.3 Å². The molecule has 0 atom stereocenters. The first-order chi connectivity index (χ1) is 15.4. The summed E-state index contributed by atoms with van der Waals surface area (Å²) in [4.78, 5) is 36.7. The van der Waals surface area contributed by atoms with E-state index >= 15 is 0 Å². The van der Waals surface area contributed by atoms with Gasteiger partial charge in [-0.2, -0.15) is 0 Å². The number of carboxylic acids is 1. The third-order valence-electron chi connectivity index (χ3n) is 4.94. The fraction of sp³-hybridized carbons (Fsp3) is 0.125. The summed E-state index contributed by atoms with van der Waals surface area (Å²) in [6.07, 6.45) is 0. The Morgan fingerprint density at radius 2 is 1.74 bits per heavy atom. The first-order valence-electron chi connectivity index (χ1n) is 9.77. The largest absolute Gasteiger partial charge is 1.00 e. The van der Waals surface area contributed by atoms with Gasteiger partial charge in [0, 0.05) is 6.54 Å². The fourth-order valence-electron chi connectivity index (χ4n) is 3.35. The third kappa shape index (κ3) is 6.85. The van der Waals surface area contributed by atoms with Gasteiger partial charge in [0.25, 0.3) is 0 Å². The van der Waals surface area contributed by atoms with Gasteiger partial charge in [-0.05, 0) is 64.6 Å². The minimum Gasteiger partial charge on any atom is -0.545 e. The summed E-state index contributed by atoms with van der Waals surface area (Å²) in [6, 6.07) is 19.8. The van der Waals surface area contributed by atoms with E-state index in [1.165, 1.54) is 6.07 Å². The number of carbonyl (C=O) groups is 1. The summed E-state index contributed by atoms with van der Waals surface area (Å²) in [6.45, 7) is 2.30. The molecule has 0 aliphatic heterocycles. The third-order valence-corrected chi connectivity index (χ3v) is 4.94. The SMILES string of the molecule is Cc1cc(C(=O)[O-])ccc1-c1cccc(COc2ccc(Cn3oc(=O)[n-]c3=O)cc2)c1.[Na+].[Na+]. The molecule has 0 saturated carbocycles. The first-order valence-corrected chi connectivity index (χ1v) is 9.77. The molecule has 0 saturated heterocycles. The van der Waals surface area contributed by atoms with E-state index in [0.29, 0.717) is 12.4 Å². The van der Waals surface area contributed by atoms with Gasteiger partial charge in [-0.15, -0.1) is 0 Å². The van der Waals surface area contributed by atoms with Crippen LogP contribution in [-0.4, -0.2) is 10.7 Å². The molecule has 0 aliphatic rings. The molecule has 0 bridgehead atoms. The molecule has 0 fully saturated rings. The Labute approximate surface area is 239 Å². The number of hydrogen-bond donors (Lipinski definition) is 0. The van der Waals surface area contributed by atoms with E-state index in [2.05, 4.69) is 4.98 Å². The normalized spacial score (nSPS) is 10.1. The smallest absolute Gasteiger partial charge is 0.545 e. The fourth-order valence-corrected chi connectivity index (χ4v) is 3.35. The summed E-state index contributed by atoms with van der Waals surface area (Å²) in [5, 5.41) is 11.0. The van der Waals surface area contributed by atoms with Gasteiger partial charge in [0.15, 0.2) is 5.69 Å². The van der Waals surface area contributed by atoms with Crippen LogP contribution in [0.3, 0.4) is 0 Å². The molecule has 0 radical (unpaired) electrons. The molecule has 4 aromatic rings. The second-order valence-corrected chi connectivity index (χ2v) is 7.24. The van der Waals surface area contributed by atoms with Gasteiger partial charge in [-0.25, -0.2) is 4.79 Å². The van der Waals surface area contributed by atoms with Crippen LogP contribution in [0.5, 0.6) is 5.75 Å². The molecule has 0 amide bonds. The zero-order valence-electron chi connectivity index (χ0n) is 19.1. The Balaban J connectivity index is 0.00000204. The predicted octanol–water partition coefficient (Wildman–Crippen LogP) is -4.27. The molecule has 4 rings (SSSR count). The zero-order chi connectivity index (χ0) is 22.7. The Kier molecular flexibility index (Phi) is 10.2. The van der Waals surface area contributed by atoms with Crippen LogP contribution in [0.25, 0.3) is 11.1 Å². The van der Waals surface area contributed by atoms with Gasteiger partial charge >= 0.3 is 64.9 Å². The molecular formula is C24H18N2Na2O6. The number of aryl methyl sites for hydroxylation is 1. The van der Waals surface area contributed by atoms with E-state index in [4.69, 9.17) is 9.26 Å². The molecule has 0 N–H and O–H groups in total. The van der Waals surface area contributed by atoms with Crippen LogP contribution in [0, 0.1) is 6.92 Å². The molecule has 3 aromatic carbocycles. The number of carbonyl (C=O) groups excluding carboxylic acids is 1. The van der Waals surface area contributed by atoms with Crippen molar-refractivity contribution in [3.63, 3.8) is 0 Å². The molecule has 162 valence electrons. The van der Waals surface area contributed by atoms with Gasteiger partial charge in [0.05, 0.1) is 5.97 Å². The van der Waals surface area contributed by atoms with Crippen molar-refractivity contribution in [1.29, 1.82) is 0 Å². The van der Waals surface area contributed by atoms with Gasteiger partial charge in [0.1, 0.15) is 12.4 Å². The Morgan fingerprint density at radius 1 is 1.00 bits per heavy atom. The number of benzene rings is 3. The second kappa shape index (κ2) is 12.4. The van der Waals surface area contributed by atoms with E-state index in [-0.39, 0.29) is 71.2 Å². The van der Waals surface area contributed by atoms with Gasteiger partial charge < -0.3 is 24.1 Å². The van der Waals surface area contributed by atoms with Crippen LogP contribution in [0.15, 0.2) is 80.8 Å². The van der Waals surface area contributed by atoms with Gasteiger partial charge in [-0.3, -0.25) is 9.53 Å². The molecule has 34 heavy (non-hydrogen) atoms. The number of carboxylic acid groups (broad SMARTS) is 1. The summed E-state index contributed by atoms with van der Waals surface area (Å²) in [7, 11) is 0. The van der Waals surface area contributed by atoms with Crippen molar-refractivity contribution in [3.05, 3.63) is 110 Å². The molecule has 8 nitrogen and oxygen atoms in total. The predicted molar refractivity (Wildman–Crippen MR) is 113 cm³/mol. The molecule has 0 aliphatic carbocycles. The second-order valence-electron chi connectivity index (χ2n) is 7.24. The minimum absolute atomic E-state index is 0. The van der Waals surface area contributed by atoms with E-state index < -0.39 is 17.4 Å². The number of ether oxygens (including phenoxy) is 1. The number of aromatic carboxylic acids is 1. The van der Waals surface area contributed by atoms with Crippen LogP contribution >= 0.6 is 0 Å².